The number of rotatable bonds is 1. The maximum Gasteiger partial charge on any atom is 0.316 e. The molecule has 0 aromatic rings. The standard InChI is InChI=1S/C10H16O3/c1-10(2)6-4-5-7(8(10)11)9(12)13-3/h7H,4-6H2,1-3H3. The fourth-order valence-electron chi connectivity index (χ4n) is 1.84. The first kappa shape index (κ1) is 10.2. The molecule has 1 aliphatic carbocycles. The van der Waals surface area contributed by atoms with Crippen LogP contribution in [0.3, 0.4) is 0 Å². The van der Waals surface area contributed by atoms with E-state index in [4.69, 9.17) is 0 Å². The van der Waals surface area contributed by atoms with Crippen molar-refractivity contribution in [3.8, 4) is 0 Å². The fraction of sp³-hybridized carbons (Fsp3) is 0.800. The van der Waals surface area contributed by atoms with E-state index < -0.39 is 5.92 Å². The van der Waals surface area contributed by atoms with E-state index in [1.54, 1.807) is 0 Å². The Morgan fingerprint density at radius 2 is 2.15 bits per heavy atom. The summed E-state index contributed by atoms with van der Waals surface area (Å²) in [5, 5.41) is 0. The van der Waals surface area contributed by atoms with Crippen LogP contribution >= 0.6 is 0 Å². The predicted octanol–water partition coefficient (Wildman–Crippen LogP) is 1.55. The molecule has 0 radical (unpaired) electrons. The van der Waals surface area contributed by atoms with Crippen molar-refractivity contribution in [3.05, 3.63) is 0 Å². The maximum absolute atomic E-state index is 11.7. The van der Waals surface area contributed by atoms with Gasteiger partial charge in [-0.3, -0.25) is 9.59 Å². The van der Waals surface area contributed by atoms with Crippen LogP contribution in [0.25, 0.3) is 0 Å². The lowest BCUT2D eigenvalue weighted by atomic mass is 9.71. The van der Waals surface area contributed by atoms with Gasteiger partial charge in [0.15, 0.2) is 5.78 Å². The summed E-state index contributed by atoms with van der Waals surface area (Å²) in [6, 6.07) is 0. The summed E-state index contributed by atoms with van der Waals surface area (Å²) >= 11 is 0. The molecular formula is C10H16O3. The summed E-state index contributed by atoms with van der Waals surface area (Å²) in [4.78, 5) is 23.0. The Labute approximate surface area is 78.5 Å². The van der Waals surface area contributed by atoms with Crippen molar-refractivity contribution in [3.63, 3.8) is 0 Å². The molecule has 1 saturated carbocycles. The highest BCUT2D eigenvalue weighted by Gasteiger charge is 2.41. The highest BCUT2D eigenvalue weighted by molar-refractivity contribution is 6.02. The van der Waals surface area contributed by atoms with Crippen LogP contribution in [0.1, 0.15) is 33.1 Å². The second-order valence-electron chi connectivity index (χ2n) is 4.22. The van der Waals surface area contributed by atoms with Crippen molar-refractivity contribution < 1.29 is 14.3 Å². The molecule has 0 amide bonds. The molecule has 0 aliphatic heterocycles. The largest absolute Gasteiger partial charge is 0.468 e. The summed E-state index contributed by atoms with van der Waals surface area (Å²) in [5.41, 5.74) is -0.350. The molecule has 1 fully saturated rings. The zero-order valence-corrected chi connectivity index (χ0v) is 8.42. The molecule has 0 aromatic carbocycles. The van der Waals surface area contributed by atoms with Crippen LogP contribution < -0.4 is 0 Å². The van der Waals surface area contributed by atoms with E-state index in [0.29, 0.717) is 6.42 Å². The van der Waals surface area contributed by atoms with Crippen molar-refractivity contribution >= 4 is 11.8 Å². The highest BCUT2D eigenvalue weighted by Crippen LogP contribution is 2.35. The third-order valence-corrected chi connectivity index (χ3v) is 2.76. The number of carbonyl (C=O) groups excluding carboxylic acids is 2. The molecule has 1 unspecified atom stereocenters. The zero-order chi connectivity index (χ0) is 10.1. The quantitative estimate of drug-likeness (QED) is 0.458. The Balaban J connectivity index is 2.77. The van der Waals surface area contributed by atoms with Gasteiger partial charge in [-0.2, -0.15) is 0 Å². The third kappa shape index (κ3) is 1.90. The topological polar surface area (TPSA) is 43.4 Å². The number of hydrogen-bond acceptors (Lipinski definition) is 3. The van der Waals surface area contributed by atoms with Gasteiger partial charge in [0.1, 0.15) is 5.92 Å². The van der Waals surface area contributed by atoms with Gasteiger partial charge < -0.3 is 4.74 Å². The Kier molecular flexibility index (Phi) is 2.74. The van der Waals surface area contributed by atoms with Gasteiger partial charge in [0.25, 0.3) is 0 Å². The van der Waals surface area contributed by atoms with E-state index in [1.807, 2.05) is 13.8 Å². The molecule has 0 spiro atoms. The molecule has 74 valence electrons. The van der Waals surface area contributed by atoms with Crippen LogP contribution in [0, 0.1) is 11.3 Å². The number of ether oxygens (including phenoxy) is 1. The number of hydrogen-bond donors (Lipinski definition) is 0. The average Bonchev–Trinajstić information content (AvgIpc) is 2.08. The molecule has 13 heavy (non-hydrogen) atoms. The van der Waals surface area contributed by atoms with Crippen molar-refractivity contribution in [2.45, 2.75) is 33.1 Å². The second kappa shape index (κ2) is 3.48. The van der Waals surface area contributed by atoms with Gasteiger partial charge in [0.2, 0.25) is 0 Å². The minimum Gasteiger partial charge on any atom is -0.468 e. The molecule has 3 heteroatoms. The van der Waals surface area contributed by atoms with Crippen molar-refractivity contribution in [1.82, 2.24) is 0 Å². The van der Waals surface area contributed by atoms with Crippen molar-refractivity contribution in [1.29, 1.82) is 0 Å². The number of methoxy groups -OCH3 is 1. The van der Waals surface area contributed by atoms with E-state index in [-0.39, 0.29) is 17.2 Å². The Bertz CT molecular complexity index is 230. The molecule has 0 saturated heterocycles. The minimum atomic E-state index is -0.520. The van der Waals surface area contributed by atoms with Gasteiger partial charge in [-0.1, -0.05) is 20.3 Å². The van der Waals surface area contributed by atoms with Gasteiger partial charge in [-0.25, -0.2) is 0 Å². The van der Waals surface area contributed by atoms with Crippen LogP contribution in [-0.2, 0) is 14.3 Å². The van der Waals surface area contributed by atoms with E-state index in [9.17, 15) is 9.59 Å². The minimum absolute atomic E-state index is 0.0330. The third-order valence-electron chi connectivity index (χ3n) is 2.76. The molecule has 1 rings (SSSR count). The van der Waals surface area contributed by atoms with Gasteiger partial charge >= 0.3 is 5.97 Å². The fourth-order valence-corrected chi connectivity index (χ4v) is 1.84. The normalized spacial score (nSPS) is 27.0. The van der Waals surface area contributed by atoms with Crippen LogP contribution in [0.5, 0.6) is 0 Å². The molecule has 1 aliphatic rings. The van der Waals surface area contributed by atoms with Crippen LogP contribution in [0.15, 0.2) is 0 Å². The molecular weight excluding hydrogens is 168 g/mol. The van der Waals surface area contributed by atoms with Crippen molar-refractivity contribution in [2.24, 2.45) is 11.3 Å². The van der Waals surface area contributed by atoms with E-state index in [1.165, 1.54) is 7.11 Å². The van der Waals surface area contributed by atoms with Crippen LogP contribution in [0.2, 0.25) is 0 Å². The number of ketones is 1. The summed E-state index contributed by atoms with van der Waals surface area (Å²) in [7, 11) is 1.33. The van der Waals surface area contributed by atoms with Crippen LogP contribution in [0.4, 0.5) is 0 Å². The Morgan fingerprint density at radius 3 is 2.69 bits per heavy atom. The molecule has 3 nitrogen and oxygen atoms in total. The number of carbonyl (C=O) groups is 2. The average molecular weight is 184 g/mol. The summed E-state index contributed by atoms with van der Waals surface area (Å²) in [6.07, 6.45) is 2.45. The first-order valence-corrected chi connectivity index (χ1v) is 4.61. The summed E-state index contributed by atoms with van der Waals surface area (Å²) < 4.78 is 4.59. The second-order valence-corrected chi connectivity index (χ2v) is 4.22. The number of Topliss-reactive ketones (excluding diaryl/α,β-unsaturated/α-hetero) is 1. The first-order chi connectivity index (χ1) is 5.99. The molecule has 0 bridgehead atoms. The number of esters is 1. The molecule has 0 heterocycles. The predicted molar refractivity (Wildman–Crippen MR) is 48.1 cm³/mol. The van der Waals surface area contributed by atoms with Gasteiger partial charge in [0, 0.05) is 5.41 Å². The Hall–Kier alpha value is -0.860. The molecule has 1 atom stereocenters. The lowest BCUT2D eigenvalue weighted by Crippen LogP contribution is -2.39. The summed E-state index contributed by atoms with van der Waals surface area (Å²) in [5.74, 6) is -0.864. The van der Waals surface area contributed by atoms with Gasteiger partial charge in [-0.15, -0.1) is 0 Å². The van der Waals surface area contributed by atoms with Crippen LogP contribution in [-0.4, -0.2) is 18.9 Å². The molecule has 0 N–H and O–H groups in total. The Morgan fingerprint density at radius 1 is 1.54 bits per heavy atom. The SMILES string of the molecule is COC(=O)C1CCCC(C)(C)C1=O. The van der Waals surface area contributed by atoms with Gasteiger partial charge in [0.05, 0.1) is 7.11 Å². The van der Waals surface area contributed by atoms with E-state index in [2.05, 4.69) is 4.74 Å². The van der Waals surface area contributed by atoms with E-state index in [0.717, 1.165) is 12.8 Å². The van der Waals surface area contributed by atoms with Gasteiger partial charge in [-0.05, 0) is 12.8 Å². The monoisotopic (exact) mass is 184 g/mol. The van der Waals surface area contributed by atoms with E-state index >= 15 is 0 Å². The lowest BCUT2D eigenvalue weighted by molar-refractivity contribution is -0.154. The lowest BCUT2D eigenvalue weighted by Gasteiger charge is -2.31. The smallest absolute Gasteiger partial charge is 0.316 e. The van der Waals surface area contributed by atoms with Crippen molar-refractivity contribution in [2.75, 3.05) is 7.11 Å². The first-order valence-electron chi connectivity index (χ1n) is 4.61. The zero-order valence-electron chi connectivity index (χ0n) is 8.42. The maximum atomic E-state index is 11.7. The summed E-state index contributed by atoms with van der Waals surface area (Å²) in [6.45, 7) is 3.79. The highest BCUT2D eigenvalue weighted by atomic mass is 16.5. The molecule has 0 aromatic heterocycles.